The lowest BCUT2D eigenvalue weighted by Gasteiger charge is -2.37. The molecular weight excluding hydrogens is 272 g/mol. The fourth-order valence-corrected chi connectivity index (χ4v) is 2.85. The number of nitrogens with two attached hydrogens (primary N) is 1. The van der Waals surface area contributed by atoms with Crippen LogP contribution in [0.1, 0.15) is 18.4 Å². The van der Waals surface area contributed by atoms with Gasteiger partial charge in [0.25, 0.3) is 0 Å². The number of amides is 1. The molecule has 1 fully saturated rings. The Morgan fingerprint density at radius 2 is 2.05 bits per heavy atom. The van der Waals surface area contributed by atoms with E-state index in [1.54, 1.807) is 11.9 Å². The molecule has 1 aromatic carbocycles. The Morgan fingerprint density at radius 3 is 2.60 bits per heavy atom. The van der Waals surface area contributed by atoms with E-state index >= 15 is 0 Å². The standard InChI is InChI=1S/C15H20N2O2S/c1-11-4-3-5-12(10-11)17(2)14(18)15(13(16)20)6-8-19-9-7-15/h3-5,10H,6-9H2,1-2H3,(H2,16,20). The van der Waals surface area contributed by atoms with Crippen LogP contribution in [0.5, 0.6) is 0 Å². The molecule has 0 aromatic heterocycles. The maximum atomic E-state index is 12.9. The lowest BCUT2D eigenvalue weighted by atomic mass is 9.78. The largest absolute Gasteiger partial charge is 0.392 e. The zero-order valence-electron chi connectivity index (χ0n) is 11.9. The van der Waals surface area contributed by atoms with Crippen molar-refractivity contribution in [2.24, 2.45) is 11.1 Å². The summed E-state index contributed by atoms with van der Waals surface area (Å²) in [5.41, 5.74) is 7.07. The summed E-state index contributed by atoms with van der Waals surface area (Å²) in [4.78, 5) is 14.8. The first kappa shape index (κ1) is 14.9. The lowest BCUT2D eigenvalue weighted by molar-refractivity contribution is -0.128. The molecule has 2 N–H and O–H groups in total. The van der Waals surface area contributed by atoms with Crippen molar-refractivity contribution in [1.82, 2.24) is 0 Å². The van der Waals surface area contributed by atoms with E-state index in [4.69, 9.17) is 22.7 Å². The third kappa shape index (κ3) is 2.69. The van der Waals surface area contributed by atoms with Crippen molar-refractivity contribution in [1.29, 1.82) is 0 Å². The van der Waals surface area contributed by atoms with Gasteiger partial charge in [0.1, 0.15) is 5.41 Å². The third-order valence-electron chi connectivity index (χ3n) is 3.92. The van der Waals surface area contributed by atoms with Crippen molar-refractivity contribution in [2.75, 3.05) is 25.2 Å². The summed E-state index contributed by atoms with van der Waals surface area (Å²) in [7, 11) is 1.77. The van der Waals surface area contributed by atoms with Gasteiger partial charge in [-0.05, 0) is 37.5 Å². The van der Waals surface area contributed by atoms with E-state index < -0.39 is 5.41 Å². The van der Waals surface area contributed by atoms with Crippen LogP contribution in [0.4, 0.5) is 5.69 Å². The SMILES string of the molecule is Cc1cccc(N(C)C(=O)C2(C(N)=S)CCOCC2)c1. The number of thiocarbonyl (C=S) groups is 1. The van der Waals surface area contributed by atoms with Gasteiger partial charge in [-0.2, -0.15) is 0 Å². The molecule has 1 aromatic rings. The van der Waals surface area contributed by atoms with Crippen LogP contribution in [0.2, 0.25) is 0 Å². The Hall–Kier alpha value is -1.46. The molecular formula is C15H20N2O2S. The van der Waals surface area contributed by atoms with E-state index in [1.165, 1.54) is 0 Å². The maximum absolute atomic E-state index is 12.9. The van der Waals surface area contributed by atoms with Crippen LogP contribution in [-0.4, -0.2) is 31.2 Å². The molecule has 0 unspecified atom stereocenters. The van der Waals surface area contributed by atoms with Crippen molar-refractivity contribution >= 4 is 28.8 Å². The average molecular weight is 292 g/mol. The summed E-state index contributed by atoms with van der Waals surface area (Å²) in [6.45, 7) is 3.04. The van der Waals surface area contributed by atoms with Gasteiger partial charge in [0.05, 0.1) is 4.99 Å². The molecule has 0 radical (unpaired) electrons. The zero-order valence-corrected chi connectivity index (χ0v) is 12.7. The van der Waals surface area contributed by atoms with Gasteiger partial charge in [-0.1, -0.05) is 24.4 Å². The van der Waals surface area contributed by atoms with Gasteiger partial charge < -0.3 is 15.4 Å². The van der Waals surface area contributed by atoms with Gasteiger partial charge in [-0.15, -0.1) is 0 Å². The van der Waals surface area contributed by atoms with E-state index in [0.29, 0.717) is 26.1 Å². The first-order chi connectivity index (χ1) is 9.47. The topological polar surface area (TPSA) is 55.6 Å². The Kier molecular flexibility index (Phi) is 4.40. The average Bonchev–Trinajstić information content (AvgIpc) is 2.46. The molecule has 20 heavy (non-hydrogen) atoms. The monoisotopic (exact) mass is 292 g/mol. The minimum atomic E-state index is -0.772. The molecule has 4 nitrogen and oxygen atoms in total. The van der Waals surface area contributed by atoms with Crippen LogP contribution in [-0.2, 0) is 9.53 Å². The van der Waals surface area contributed by atoms with Gasteiger partial charge >= 0.3 is 0 Å². The van der Waals surface area contributed by atoms with Crippen LogP contribution in [0.3, 0.4) is 0 Å². The maximum Gasteiger partial charge on any atom is 0.239 e. The molecule has 0 atom stereocenters. The number of ether oxygens (including phenoxy) is 1. The van der Waals surface area contributed by atoms with E-state index in [0.717, 1.165) is 11.3 Å². The smallest absolute Gasteiger partial charge is 0.239 e. The number of carbonyl (C=O) groups is 1. The van der Waals surface area contributed by atoms with E-state index in [2.05, 4.69) is 0 Å². The highest BCUT2D eigenvalue weighted by Gasteiger charge is 2.44. The van der Waals surface area contributed by atoms with Crippen molar-refractivity contribution in [3.63, 3.8) is 0 Å². The van der Waals surface area contributed by atoms with Gasteiger partial charge in [0.2, 0.25) is 5.91 Å². The molecule has 0 saturated carbocycles. The fraction of sp³-hybridized carbons (Fsp3) is 0.467. The molecule has 1 amide bonds. The number of hydrogen-bond acceptors (Lipinski definition) is 3. The molecule has 2 rings (SSSR count). The Balaban J connectivity index is 2.30. The summed E-state index contributed by atoms with van der Waals surface area (Å²) in [6, 6.07) is 7.83. The Bertz CT molecular complexity index is 524. The highest BCUT2D eigenvalue weighted by Crippen LogP contribution is 2.34. The van der Waals surface area contributed by atoms with Crippen molar-refractivity contribution in [3.05, 3.63) is 29.8 Å². The number of hydrogen-bond donors (Lipinski definition) is 1. The minimum Gasteiger partial charge on any atom is -0.392 e. The number of anilines is 1. The summed E-state index contributed by atoms with van der Waals surface area (Å²) in [5.74, 6) is -0.0427. The Morgan fingerprint density at radius 1 is 1.40 bits per heavy atom. The van der Waals surface area contributed by atoms with E-state index in [9.17, 15) is 4.79 Å². The molecule has 0 bridgehead atoms. The molecule has 1 aliphatic rings. The Labute approximate surface area is 124 Å². The lowest BCUT2D eigenvalue weighted by Crippen LogP contribution is -2.52. The molecule has 1 heterocycles. The first-order valence-electron chi connectivity index (χ1n) is 6.70. The summed E-state index contributed by atoms with van der Waals surface area (Å²) >= 11 is 5.17. The van der Waals surface area contributed by atoms with Crippen LogP contribution in [0.15, 0.2) is 24.3 Å². The van der Waals surface area contributed by atoms with E-state index in [1.807, 2.05) is 31.2 Å². The van der Waals surface area contributed by atoms with Crippen LogP contribution >= 0.6 is 12.2 Å². The molecule has 0 spiro atoms. The van der Waals surface area contributed by atoms with Crippen LogP contribution in [0, 0.1) is 12.3 Å². The third-order valence-corrected chi connectivity index (χ3v) is 4.31. The number of aryl methyl sites for hydroxylation is 1. The predicted molar refractivity (Wildman–Crippen MR) is 83.9 cm³/mol. The first-order valence-corrected chi connectivity index (χ1v) is 7.11. The predicted octanol–water partition coefficient (Wildman–Crippen LogP) is 2.04. The summed E-state index contributed by atoms with van der Waals surface area (Å²) in [6.07, 6.45) is 1.11. The van der Waals surface area contributed by atoms with Crippen molar-refractivity contribution in [2.45, 2.75) is 19.8 Å². The number of benzene rings is 1. The number of rotatable bonds is 3. The van der Waals surface area contributed by atoms with Gasteiger partial charge in [0.15, 0.2) is 0 Å². The highest BCUT2D eigenvalue weighted by molar-refractivity contribution is 7.80. The van der Waals surface area contributed by atoms with Gasteiger partial charge in [-0.25, -0.2) is 0 Å². The normalized spacial score (nSPS) is 17.5. The van der Waals surface area contributed by atoms with Gasteiger partial charge in [0, 0.05) is 25.9 Å². The zero-order chi connectivity index (χ0) is 14.8. The second kappa shape index (κ2) is 5.89. The summed E-state index contributed by atoms with van der Waals surface area (Å²) in [5, 5.41) is 0. The molecule has 1 aliphatic heterocycles. The number of nitrogens with zero attached hydrogens (tertiary/aromatic N) is 1. The second-order valence-corrected chi connectivity index (χ2v) is 5.70. The molecule has 108 valence electrons. The van der Waals surface area contributed by atoms with Crippen LogP contribution < -0.4 is 10.6 Å². The second-order valence-electron chi connectivity index (χ2n) is 5.26. The van der Waals surface area contributed by atoms with Crippen molar-refractivity contribution < 1.29 is 9.53 Å². The molecule has 0 aliphatic carbocycles. The minimum absolute atomic E-state index is 0.0427. The van der Waals surface area contributed by atoms with Crippen LogP contribution in [0.25, 0.3) is 0 Å². The van der Waals surface area contributed by atoms with Gasteiger partial charge in [-0.3, -0.25) is 4.79 Å². The quantitative estimate of drug-likeness (QED) is 0.866. The fourth-order valence-electron chi connectivity index (χ4n) is 2.56. The number of carbonyl (C=O) groups excluding carboxylic acids is 1. The molecule has 1 saturated heterocycles. The highest BCUT2D eigenvalue weighted by atomic mass is 32.1. The van der Waals surface area contributed by atoms with Crippen molar-refractivity contribution in [3.8, 4) is 0 Å². The summed E-state index contributed by atoms with van der Waals surface area (Å²) < 4.78 is 5.34. The molecule has 5 heteroatoms. The van der Waals surface area contributed by atoms with E-state index in [-0.39, 0.29) is 10.9 Å².